The summed E-state index contributed by atoms with van der Waals surface area (Å²) in [5.74, 6) is 1.20. The zero-order chi connectivity index (χ0) is 18.5. The predicted octanol–water partition coefficient (Wildman–Crippen LogP) is 4.36. The van der Waals surface area contributed by atoms with Gasteiger partial charge in [0.1, 0.15) is 23.2 Å². The highest BCUT2D eigenvalue weighted by Gasteiger charge is 2.41. The zero-order valence-electron chi connectivity index (χ0n) is 15.5. The number of benzene rings is 1. The van der Waals surface area contributed by atoms with Crippen LogP contribution in [-0.2, 0) is 5.41 Å². The molecule has 0 spiro atoms. The Bertz CT molecular complexity index is 1090. The minimum Gasteiger partial charge on any atom is -0.505 e. The summed E-state index contributed by atoms with van der Waals surface area (Å²) < 4.78 is 2.12. The number of aromatic hydroxyl groups is 1. The Morgan fingerprint density at radius 3 is 2.58 bits per heavy atom. The average molecular weight is 344 g/mol. The maximum Gasteiger partial charge on any atom is 0.327 e. The number of phenolic OH excluding ortho intramolecular Hbond substituents is 1. The second kappa shape index (κ2) is 5.77. The predicted molar refractivity (Wildman–Crippen MR) is 105 cm³/mol. The topological polar surface area (TPSA) is 49.0 Å². The molecule has 0 saturated carbocycles. The summed E-state index contributed by atoms with van der Waals surface area (Å²) in [4.78, 5) is 8.87. The number of hydrogen-bond donors (Lipinski definition) is 1. The minimum atomic E-state index is -0.144. The van der Waals surface area contributed by atoms with Crippen LogP contribution in [0, 0.1) is 6.92 Å². The van der Waals surface area contributed by atoms with Crippen LogP contribution in [0.15, 0.2) is 48.8 Å². The van der Waals surface area contributed by atoms with Gasteiger partial charge in [-0.25, -0.2) is 4.58 Å². The van der Waals surface area contributed by atoms with Crippen molar-refractivity contribution in [1.29, 1.82) is 0 Å². The maximum atomic E-state index is 10.7. The van der Waals surface area contributed by atoms with Crippen LogP contribution >= 0.6 is 0 Å². The molecule has 0 saturated heterocycles. The summed E-state index contributed by atoms with van der Waals surface area (Å²) >= 11 is 0. The van der Waals surface area contributed by atoms with Crippen LogP contribution in [0.2, 0.25) is 0 Å². The third-order valence-electron chi connectivity index (χ3n) is 5.30. The van der Waals surface area contributed by atoms with E-state index in [0.29, 0.717) is 5.52 Å². The second-order valence-electron chi connectivity index (χ2n) is 7.31. The Hall–Kier alpha value is -3.01. The van der Waals surface area contributed by atoms with Gasteiger partial charge in [0, 0.05) is 17.1 Å². The number of phenols is 1. The highest BCUT2D eigenvalue weighted by atomic mass is 16.3. The number of hydrogen-bond acceptors (Lipinski definition) is 3. The van der Waals surface area contributed by atoms with Crippen molar-refractivity contribution < 1.29 is 9.68 Å². The van der Waals surface area contributed by atoms with Crippen molar-refractivity contribution >= 4 is 28.5 Å². The molecule has 4 nitrogen and oxygen atoms in total. The van der Waals surface area contributed by atoms with E-state index in [1.165, 1.54) is 5.56 Å². The Morgan fingerprint density at radius 2 is 1.81 bits per heavy atom. The van der Waals surface area contributed by atoms with E-state index in [2.05, 4.69) is 40.5 Å². The third kappa shape index (κ3) is 2.33. The molecular formula is C22H22N3O+. The molecule has 130 valence electrons. The Kier molecular flexibility index (Phi) is 3.65. The second-order valence-corrected chi connectivity index (χ2v) is 7.31. The standard InChI is InChI=1S/C22H21N3O/c1-14-13-15(20(26)19-16(14)7-5-11-23-19)9-10-18-22(2,3)17-8-6-12-24-21(17)25(18)4/h5-13H,1-4H3/p+1. The molecule has 1 N–H and O–H groups in total. The van der Waals surface area contributed by atoms with Crippen LogP contribution in [0.25, 0.3) is 17.0 Å². The van der Waals surface area contributed by atoms with Crippen molar-refractivity contribution in [3.8, 4) is 5.75 Å². The Balaban J connectivity index is 1.82. The number of rotatable bonds is 2. The fraction of sp³-hybridized carbons (Fsp3) is 0.227. The molecule has 0 fully saturated rings. The van der Waals surface area contributed by atoms with Crippen molar-refractivity contribution in [2.24, 2.45) is 0 Å². The number of aromatic nitrogens is 2. The molecule has 0 atom stereocenters. The SMILES string of the molecule is Cc1cc(C=CC2=[N+](C)c3ncccc3C2(C)C)c(O)c2ncccc12. The van der Waals surface area contributed by atoms with Gasteiger partial charge in [0.15, 0.2) is 0 Å². The summed E-state index contributed by atoms with van der Waals surface area (Å²) in [6.07, 6.45) is 7.57. The number of pyridine rings is 2. The van der Waals surface area contributed by atoms with Crippen molar-refractivity contribution in [2.75, 3.05) is 7.05 Å². The number of nitrogens with zero attached hydrogens (tertiary/aromatic N) is 3. The van der Waals surface area contributed by atoms with Crippen molar-refractivity contribution in [3.05, 3.63) is 65.5 Å². The highest BCUT2D eigenvalue weighted by Crippen LogP contribution is 2.38. The van der Waals surface area contributed by atoms with Gasteiger partial charge >= 0.3 is 5.82 Å². The highest BCUT2D eigenvalue weighted by molar-refractivity contribution is 6.05. The largest absolute Gasteiger partial charge is 0.505 e. The van der Waals surface area contributed by atoms with Crippen LogP contribution in [0.4, 0.5) is 5.82 Å². The maximum absolute atomic E-state index is 10.7. The minimum absolute atomic E-state index is 0.144. The van der Waals surface area contributed by atoms with Crippen LogP contribution in [0.3, 0.4) is 0 Å². The molecule has 0 bridgehead atoms. The van der Waals surface area contributed by atoms with E-state index in [1.54, 1.807) is 6.20 Å². The van der Waals surface area contributed by atoms with Crippen LogP contribution in [-0.4, -0.2) is 32.4 Å². The zero-order valence-corrected chi connectivity index (χ0v) is 15.5. The van der Waals surface area contributed by atoms with E-state index in [9.17, 15) is 5.11 Å². The van der Waals surface area contributed by atoms with Crippen molar-refractivity contribution in [3.63, 3.8) is 0 Å². The van der Waals surface area contributed by atoms with E-state index in [1.807, 2.05) is 50.5 Å². The van der Waals surface area contributed by atoms with Gasteiger partial charge in [-0.1, -0.05) is 6.07 Å². The van der Waals surface area contributed by atoms with E-state index in [-0.39, 0.29) is 11.2 Å². The fourth-order valence-corrected chi connectivity index (χ4v) is 3.87. The number of allylic oxidation sites excluding steroid dienone is 1. The number of fused-ring (bicyclic) bond motifs is 2. The van der Waals surface area contributed by atoms with E-state index >= 15 is 0 Å². The van der Waals surface area contributed by atoms with Gasteiger partial charge in [-0.3, -0.25) is 4.98 Å². The van der Waals surface area contributed by atoms with Crippen molar-refractivity contribution in [1.82, 2.24) is 9.97 Å². The molecule has 3 aromatic rings. The lowest BCUT2D eigenvalue weighted by atomic mass is 9.82. The lowest BCUT2D eigenvalue weighted by Gasteiger charge is -2.17. The Morgan fingerprint density at radius 1 is 1.08 bits per heavy atom. The summed E-state index contributed by atoms with van der Waals surface area (Å²) in [5, 5.41) is 11.6. The van der Waals surface area contributed by atoms with Gasteiger partial charge in [-0.2, -0.15) is 0 Å². The number of aryl methyl sites for hydroxylation is 1. The summed E-state index contributed by atoms with van der Waals surface area (Å²) in [6, 6.07) is 9.98. The van der Waals surface area contributed by atoms with Crippen LogP contribution in [0.1, 0.15) is 30.5 Å². The molecule has 1 aliphatic heterocycles. The molecule has 4 heteroatoms. The summed E-state index contributed by atoms with van der Waals surface area (Å²) in [6.45, 7) is 6.44. The molecule has 0 aliphatic carbocycles. The molecule has 1 aromatic carbocycles. The Labute approximate surface area is 153 Å². The van der Waals surface area contributed by atoms with Crippen LogP contribution < -0.4 is 0 Å². The fourth-order valence-electron chi connectivity index (χ4n) is 3.87. The molecule has 0 amide bonds. The van der Waals surface area contributed by atoms with Gasteiger partial charge < -0.3 is 5.11 Å². The van der Waals surface area contributed by atoms with E-state index in [0.717, 1.165) is 28.0 Å². The normalized spacial score (nSPS) is 15.8. The third-order valence-corrected chi connectivity index (χ3v) is 5.30. The lowest BCUT2D eigenvalue weighted by molar-refractivity contribution is -0.405. The summed E-state index contributed by atoms with van der Waals surface area (Å²) in [5.41, 5.74) is 4.72. The quantitative estimate of drug-likeness (QED) is 0.703. The first-order valence-corrected chi connectivity index (χ1v) is 8.73. The van der Waals surface area contributed by atoms with Crippen molar-refractivity contribution in [2.45, 2.75) is 26.2 Å². The lowest BCUT2D eigenvalue weighted by Crippen LogP contribution is -2.26. The van der Waals surface area contributed by atoms with Crippen LogP contribution in [0.5, 0.6) is 5.75 Å². The first-order chi connectivity index (χ1) is 12.4. The van der Waals surface area contributed by atoms with Gasteiger partial charge in [-0.15, -0.1) is 0 Å². The van der Waals surface area contributed by atoms with E-state index in [4.69, 9.17) is 0 Å². The molecule has 1 aliphatic rings. The molecule has 0 unspecified atom stereocenters. The van der Waals surface area contributed by atoms with Gasteiger partial charge in [0.05, 0.1) is 18.0 Å². The molecule has 2 aromatic heterocycles. The smallest absolute Gasteiger partial charge is 0.327 e. The average Bonchev–Trinajstić information content (AvgIpc) is 2.84. The molecule has 4 rings (SSSR count). The molecular weight excluding hydrogens is 322 g/mol. The first kappa shape index (κ1) is 16.5. The first-order valence-electron chi connectivity index (χ1n) is 8.73. The van der Waals surface area contributed by atoms with Gasteiger partial charge in [0.25, 0.3) is 0 Å². The summed E-state index contributed by atoms with van der Waals surface area (Å²) in [7, 11) is 2.04. The molecule has 26 heavy (non-hydrogen) atoms. The monoisotopic (exact) mass is 344 g/mol. The molecule has 0 radical (unpaired) electrons. The van der Waals surface area contributed by atoms with Gasteiger partial charge in [-0.05, 0) is 67.7 Å². The molecule has 3 heterocycles. The van der Waals surface area contributed by atoms with E-state index < -0.39 is 0 Å². The van der Waals surface area contributed by atoms with Gasteiger partial charge in [0.2, 0.25) is 0 Å².